The van der Waals surface area contributed by atoms with E-state index in [1.54, 1.807) is 11.0 Å². The van der Waals surface area contributed by atoms with Gasteiger partial charge >= 0.3 is 0 Å². The third-order valence-corrected chi connectivity index (χ3v) is 4.16. The monoisotopic (exact) mass is 296 g/mol. The molecule has 1 N–H and O–H groups in total. The second-order valence-corrected chi connectivity index (χ2v) is 6.06. The average molecular weight is 296 g/mol. The molecule has 110 valence electrons. The minimum atomic E-state index is -0.484. The topological polar surface area (TPSA) is 58.6 Å². The van der Waals surface area contributed by atoms with Gasteiger partial charge in [-0.15, -0.1) is 11.3 Å². The van der Waals surface area contributed by atoms with E-state index in [0.717, 1.165) is 0 Å². The Morgan fingerprint density at radius 2 is 2.05 bits per heavy atom. The average Bonchev–Trinajstić information content (AvgIpc) is 2.98. The van der Waals surface area contributed by atoms with E-state index in [0.29, 0.717) is 31.2 Å². The Morgan fingerprint density at radius 3 is 2.60 bits per heavy atom. The van der Waals surface area contributed by atoms with Crippen molar-refractivity contribution in [1.82, 2.24) is 10.2 Å². The summed E-state index contributed by atoms with van der Waals surface area (Å²) in [4.78, 5) is 27.0. The Kier molecular flexibility index (Phi) is 5.14. The van der Waals surface area contributed by atoms with Gasteiger partial charge in [-0.05, 0) is 17.4 Å². The molecule has 1 fully saturated rings. The third-order valence-electron chi connectivity index (χ3n) is 3.29. The van der Waals surface area contributed by atoms with Gasteiger partial charge < -0.3 is 15.0 Å². The molecule has 5 nitrogen and oxygen atoms in total. The third kappa shape index (κ3) is 3.58. The predicted octanol–water partition coefficient (Wildman–Crippen LogP) is 1.36. The number of hydrogen-bond acceptors (Lipinski definition) is 4. The molecule has 1 saturated heterocycles. The van der Waals surface area contributed by atoms with Crippen LogP contribution in [0.3, 0.4) is 0 Å². The van der Waals surface area contributed by atoms with E-state index in [-0.39, 0.29) is 17.7 Å². The van der Waals surface area contributed by atoms with Crippen molar-refractivity contribution in [2.75, 3.05) is 26.3 Å². The lowest BCUT2D eigenvalue weighted by molar-refractivity contribution is -0.138. The van der Waals surface area contributed by atoms with Crippen LogP contribution in [0.5, 0.6) is 0 Å². The Balaban J connectivity index is 2.02. The Labute approximate surface area is 122 Å². The molecule has 1 aromatic heterocycles. The highest BCUT2D eigenvalue weighted by Crippen LogP contribution is 2.12. The number of thiophene rings is 1. The minimum Gasteiger partial charge on any atom is -0.378 e. The van der Waals surface area contributed by atoms with Gasteiger partial charge in [-0.3, -0.25) is 9.59 Å². The second kappa shape index (κ2) is 6.85. The summed E-state index contributed by atoms with van der Waals surface area (Å²) in [5, 5.41) is 4.71. The Morgan fingerprint density at radius 1 is 1.35 bits per heavy atom. The van der Waals surface area contributed by atoms with Gasteiger partial charge in [-0.25, -0.2) is 0 Å². The summed E-state index contributed by atoms with van der Waals surface area (Å²) in [6.45, 7) is 6.20. The number of carbonyl (C=O) groups excluding carboxylic acids is 2. The van der Waals surface area contributed by atoms with Crippen molar-refractivity contribution in [3.05, 3.63) is 22.4 Å². The first-order valence-electron chi connectivity index (χ1n) is 6.80. The number of nitrogens with zero attached hydrogens (tertiary/aromatic N) is 1. The first-order chi connectivity index (χ1) is 9.59. The molecule has 2 amide bonds. The van der Waals surface area contributed by atoms with Crippen molar-refractivity contribution < 1.29 is 14.3 Å². The van der Waals surface area contributed by atoms with Gasteiger partial charge in [0.05, 0.1) is 18.1 Å². The van der Waals surface area contributed by atoms with Gasteiger partial charge in [-0.1, -0.05) is 19.9 Å². The molecule has 1 aliphatic heterocycles. The van der Waals surface area contributed by atoms with Crippen molar-refractivity contribution in [3.8, 4) is 0 Å². The molecule has 20 heavy (non-hydrogen) atoms. The highest BCUT2D eigenvalue weighted by molar-refractivity contribution is 7.12. The quantitative estimate of drug-likeness (QED) is 0.913. The Bertz CT molecular complexity index is 453. The molecule has 6 heteroatoms. The van der Waals surface area contributed by atoms with E-state index in [1.165, 1.54) is 11.3 Å². The normalized spacial score (nSPS) is 17.1. The molecular formula is C14H20N2O3S. The first-order valence-corrected chi connectivity index (χ1v) is 7.68. The van der Waals surface area contributed by atoms with Gasteiger partial charge in [-0.2, -0.15) is 0 Å². The van der Waals surface area contributed by atoms with E-state index in [2.05, 4.69) is 5.32 Å². The second-order valence-electron chi connectivity index (χ2n) is 5.11. The number of carbonyl (C=O) groups is 2. The summed E-state index contributed by atoms with van der Waals surface area (Å²) in [7, 11) is 0. The lowest BCUT2D eigenvalue weighted by Gasteiger charge is -2.32. The van der Waals surface area contributed by atoms with Crippen molar-refractivity contribution >= 4 is 23.2 Å². The molecular weight excluding hydrogens is 276 g/mol. The van der Waals surface area contributed by atoms with E-state index in [4.69, 9.17) is 4.74 Å². The first kappa shape index (κ1) is 15.0. The number of amides is 2. The Hall–Kier alpha value is -1.40. The van der Waals surface area contributed by atoms with E-state index in [1.807, 2.05) is 25.3 Å². The van der Waals surface area contributed by atoms with Crippen LogP contribution in [-0.4, -0.2) is 49.1 Å². The molecule has 0 aliphatic carbocycles. The molecule has 2 heterocycles. The fraction of sp³-hybridized carbons (Fsp3) is 0.571. The van der Waals surface area contributed by atoms with Crippen LogP contribution in [0.1, 0.15) is 23.5 Å². The van der Waals surface area contributed by atoms with Crippen LogP contribution in [0.25, 0.3) is 0 Å². The molecule has 0 unspecified atom stereocenters. The maximum atomic E-state index is 12.5. The maximum Gasteiger partial charge on any atom is 0.262 e. The van der Waals surface area contributed by atoms with Crippen LogP contribution in [0.4, 0.5) is 0 Å². The van der Waals surface area contributed by atoms with Crippen LogP contribution in [0, 0.1) is 5.92 Å². The lowest BCUT2D eigenvalue weighted by atomic mass is 10.0. The van der Waals surface area contributed by atoms with Crippen LogP contribution in [0.2, 0.25) is 0 Å². The zero-order chi connectivity index (χ0) is 14.5. The van der Waals surface area contributed by atoms with Crippen LogP contribution >= 0.6 is 11.3 Å². The fourth-order valence-electron chi connectivity index (χ4n) is 2.11. The maximum absolute atomic E-state index is 12.5. The SMILES string of the molecule is CC(C)[C@H](NC(=O)c1cccs1)C(=O)N1CCOCC1. The lowest BCUT2D eigenvalue weighted by Crippen LogP contribution is -2.53. The van der Waals surface area contributed by atoms with Crippen molar-refractivity contribution in [2.45, 2.75) is 19.9 Å². The van der Waals surface area contributed by atoms with Crippen molar-refractivity contribution in [1.29, 1.82) is 0 Å². The molecule has 2 rings (SSSR count). The van der Waals surface area contributed by atoms with Gasteiger partial charge in [0, 0.05) is 13.1 Å². The summed E-state index contributed by atoms with van der Waals surface area (Å²) in [6.07, 6.45) is 0. The van der Waals surface area contributed by atoms with E-state index >= 15 is 0 Å². The highest BCUT2D eigenvalue weighted by atomic mass is 32.1. The number of morpholine rings is 1. The molecule has 0 bridgehead atoms. The standard InChI is InChI=1S/C14H20N2O3S/c1-10(2)12(14(18)16-5-7-19-8-6-16)15-13(17)11-4-3-9-20-11/h3-4,9-10,12H,5-8H2,1-2H3,(H,15,17)/t12-/m0/s1. The molecule has 0 aromatic carbocycles. The number of hydrogen-bond donors (Lipinski definition) is 1. The summed E-state index contributed by atoms with van der Waals surface area (Å²) in [5.74, 6) is -0.150. The zero-order valence-electron chi connectivity index (χ0n) is 11.8. The fourth-order valence-corrected chi connectivity index (χ4v) is 2.74. The van der Waals surface area contributed by atoms with Crippen molar-refractivity contribution in [2.24, 2.45) is 5.92 Å². The van der Waals surface area contributed by atoms with Gasteiger partial charge in [0.2, 0.25) is 5.91 Å². The molecule has 1 atom stereocenters. The summed E-state index contributed by atoms with van der Waals surface area (Å²) in [5.41, 5.74) is 0. The van der Waals surface area contributed by atoms with Crippen molar-refractivity contribution in [3.63, 3.8) is 0 Å². The summed E-state index contributed by atoms with van der Waals surface area (Å²) < 4.78 is 5.25. The largest absolute Gasteiger partial charge is 0.378 e. The smallest absolute Gasteiger partial charge is 0.262 e. The van der Waals surface area contributed by atoms with Crippen LogP contribution in [0.15, 0.2) is 17.5 Å². The van der Waals surface area contributed by atoms with Gasteiger partial charge in [0.25, 0.3) is 5.91 Å². The van der Waals surface area contributed by atoms with E-state index in [9.17, 15) is 9.59 Å². The molecule has 1 aliphatic rings. The molecule has 0 radical (unpaired) electrons. The predicted molar refractivity (Wildman–Crippen MR) is 77.8 cm³/mol. The van der Waals surface area contributed by atoms with Crippen LogP contribution in [-0.2, 0) is 9.53 Å². The molecule has 0 spiro atoms. The highest BCUT2D eigenvalue weighted by Gasteiger charge is 2.29. The molecule has 1 aromatic rings. The van der Waals surface area contributed by atoms with Crippen LogP contribution < -0.4 is 5.32 Å². The summed E-state index contributed by atoms with van der Waals surface area (Å²) >= 11 is 1.38. The summed E-state index contributed by atoms with van der Waals surface area (Å²) in [6, 6.07) is 3.10. The number of nitrogens with one attached hydrogen (secondary N) is 1. The molecule has 0 saturated carbocycles. The zero-order valence-corrected chi connectivity index (χ0v) is 12.6. The van der Waals surface area contributed by atoms with Gasteiger partial charge in [0.1, 0.15) is 6.04 Å². The number of rotatable bonds is 4. The minimum absolute atomic E-state index is 0.0202. The van der Waals surface area contributed by atoms with E-state index < -0.39 is 6.04 Å². The number of ether oxygens (including phenoxy) is 1. The van der Waals surface area contributed by atoms with Gasteiger partial charge in [0.15, 0.2) is 0 Å².